The molecule has 1 heterocycles. The molecule has 1 rings (SSSR count). The summed E-state index contributed by atoms with van der Waals surface area (Å²) in [5.41, 5.74) is 2.57. The third-order valence-corrected chi connectivity index (χ3v) is 3.44. The summed E-state index contributed by atoms with van der Waals surface area (Å²) in [6.07, 6.45) is 9.02. The van der Waals surface area contributed by atoms with E-state index in [1.165, 1.54) is 5.57 Å². The number of hydrogen-bond donors (Lipinski definition) is 0. The molecule has 3 nitrogen and oxygen atoms in total. The van der Waals surface area contributed by atoms with Crippen molar-refractivity contribution in [3.8, 4) is 6.07 Å². The van der Waals surface area contributed by atoms with E-state index >= 15 is 0 Å². The van der Waals surface area contributed by atoms with Gasteiger partial charge in [0, 0.05) is 12.5 Å². The van der Waals surface area contributed by atoms with E-state index in [1.54, 1.807) is 6.08 Å². The van der Waals surface area contributed by atoms with Crippen molar-refractivity contribution < 1.29 is 9.47 Å². The molecule has 0 aromatic rings. The highest BCUT2D eigenvalue weighted by Gasteiger charge is 2.29. The van der Waals surface area contributed by atoms with E-state index in [4.69, 9.17) is 14.7 Å². The maximum atomic E-state index is 8.53. The van der Waals surface area contributed by atoms with Crippen molar-refractivity contribution in [2.45, 2.75) is 58.7 Å². The molecule has 0 atom stereocenters. The fraction of sp³-hybridized carbons (Fsp3) is 0.688. The standard InChI is InChI=1S/C16H25NO2/c1-14(6-4-7-15(2)9-11-17)8-5-10-16(3)18-12-13-19-16/h8-9H,4-7,10,12-13H2,1-3H3. The lowest BCUT2D eigenvalue weighted by Crippen LogP contribution is -2.24. The van der Waals surface area contributed by atoms with Crippen LogP contribution in [0.5, 0.6) is 0 Å². The zero-order valence-corrected chi connectivity index (χ0v) is 12.4. The molecule has 1 aliphatic rings. The second-order valence-corrected chi connectivity index (χ2v) is 5.39. The van der Waals surface area contributed by atoms with E-state index in [9.17, 15) is 0 Å². The molecule has 106 valence electrons. The first kappa shape index (κ1) is 15.9. The average molecular weight is 263 g/mol. The minimum atomic E-state index is -0.372. The molecule has 1 saturated heterocycles. The Balaban J connectivity index is 2.19. The van der Waals surface area contributed by atoms with Crippen LogP contribution >= 0.6 is 0 Å². The molecule has 0 bridgehead atoms. The monoisotopic (exact) mass is 263 g/mol. The van der Waals surface area contributed by atoms with Gasteiger partial charge >= 0.3 is 0 Å². The maximum absolute atomic E-state index is 8.53. The molecule has 3 heteroatoms. The highest BCUT2D eigenvalue weighted by molar-refractivity contribution is 5.11. The first-order chi connectivity index (χ1) is 9.06. The molecule has 0 aromatic heterocycles. The molecule has 0 amide bonds. The highest BCUT2D eigenvalue weighted by atomic mass is 16.7. The molecule has 19 heavy (non-hydrogen) atoms. The summed E-state index contributed by atoms with van der Waals surface area (Å²) >= 11 is 0. The largest absolute Gasteiger partial charge is 0.348 e. The van der Waals surface area contributed by atoms with Crippen molar-refractivity contribution in [1.82, 2.24) is 0 Å². The van der Waals surface area contributed by atoms with Crippen LogP contribution in [-0.2, 0) is 9.47 Å². The second-order valence-electron chi connectivity index (χ2n) is 5.39. The van der Waals surface area contributed by atoms with E-state index in [2.05, 4.69) is 19.1 Å². The summed E-state index contributed by atoms with van der Waals surface area (Å²) < 4.78 is 11.1. The summed E-state index contributed by atoms with van der Waals surface area (Å²) in [5.74, 6) is -0.372. The number of nitriles is 1. The Morgan fingerprint density at radius 2 is 1.84 bits per heavy atom. The van der Waals surface area contributed by atoms with Crippen LogP contribution in [0.3, 0.4) is 0 Å². The number of ether oxygens (including phenoxy) is 2. The van der Waals surface area contributed by atoms with Gasteiger partial charge in [0.2, 0.25) is 0 Å². The third-order valence-electron chi connectivity index (χ3n) is 3.44. The van der Waals surface area contributed by atoms with Gasteiger partial charge in [0.05, 0.1) is 19.3 Å². The Kier molecular flexibility index (Phi) is 6.83. The van der Waals surface area contributed by atoms with Crippen LogP contribution in [-0.4, -0.2) is 19.0 Å². The number of allylic oxidation sites excluding steroid dienone is 4. The van der Waals surface area contributed by atoms with Crippen LogP contribution in [0.25, 0.3) is 0 Å². The Morgan fingerprint density at radius 1 is 1.21 bits per heavy atom. The van der Waals surface area contributed by atoms with Crippen molar-refractivity contribution in [3.05, 3.63) is 23.3 Å². The minimum Gasteiger partial charge on any atom is -0.348 e. The lowest BCUT2D eigenvalue weighted by atomic mass is 10.0. The first-order valence-corrected chi connectivity index (χ1v) is 7.04. The zero-order valence-electron chi connectivity index (χ0n) is 12.4. The molecule has 0 aromatic carbocycles. The van der Waals surface area contributed by atoms with Crippen molar-refractivity contribution in [2.75, 3.05) is 13.2 Å². The van der Waals surface area contributed by atoms with Gasteiger partial charge in [-0.3, -0.25) is 0 Å². The van der Waals surface area contributed by atoms with Crippen LogP contribution in [0, 0.1) is 11.3 Å². The lowest BCUT2D eigenvalue weighted by molar-refractivity contribution is -0.145. The SMILES string of the molecule is CC(=CC#N)CCCC(C)=CCCC1(C)OCCO1. The molecule has 0 saturated carbocycles. The fourth-order valence-corrected chi connectivity index (χ4v) is 2.21. The first-order valence-electron chi connectivity index (χ1n) is 7.04. The van der Waals surface area contributed by atoms with Gasteiger partial charge in [-0.15, -0.1) is 0 Å². The second kappa shape index (κ2) is 8.14. The quantitative estimate of drug-likeness (QED) is 0.512. The smallest absolute Gasteiger partial charge is 0.166 e. The summed E-state index contributed by atoms with van der Waals surface area (Å²) in [5, 5.41) is 8.53. The average Bonchev–Trinajstić information content (AvgIpc) is 2.76. The predicted octanol–water partition coefficient (Wildman–Crippen LogP) is 4.12. The fourth-order valence-electron chi connectivity index (χ4n) is 2.21. The molecule has 1 aliphatic heterocycles. The molecule has 0 radical (unpaired) electrons. The van der Waals surface area contributed by atoms with E-state index in [0.717, 1.165) is 37.7 Å². The number of nitrogens with zero attached hydrogens (tertiary/aromatic N) is 1. The van der Waals surface area contributed by atoms with Crippen molar-refractivity contribution in [2.24, 2.45) is 0 Å². The van der Waals surface area contributed by atoms with E-state index < -0.39 is 0 Å². The molecular weight excluding hydrogens is 238 g/mol. The topological polar surface area (TPSA) is 42.2 Å². The van der Waals surface area contributed by atoms with Crippen molar-refractivity contribution in [1.29, 1.82) is 5.26 Å². The Labute approximate surface area is 116 Å². The van der Waals surface area contributed by atoms with Crippen LogP contribution < -0.4 is 0 Å². The Hall–Kier alpha value is -1.11. The number of rotatable bonds is 7. The summed E-state index contributed by atoms with van der Waals surface area (Å²) in [6, 6.07) is 2.07. The van der Waals surface area contributed by atoms with E-state index in [0.29, 0.717) is 13.2 Å². The van der Waals surface area contributed by atoms with Gasteiger partial charge in [0.1, 0.15) is 0 Å². The van der Waals surface area contributed by atoms with Gasteiger partial charge in [-0.1, -0.05) is 17.2 Å². The highest BCUT2D eigenvalue weighted by Crippen LogP contribution is 2.24. The predicted molar refractivity (Wildman–Crippen MR) is 76.5 cm³/mol. The van der Waals surface area contributed by atoms with Crippen molar-refractivity contribution in [3.63, 3.8) is 0 Å². The van der Waals surface area contributed by atoms with Gasteiger partial charge in [-0.2, -0.15) is 5.26 Å². The van der Waals surface area contributed by atoms with Gasteiger partial charge in [-0.25, -0.2) is 0 Å². The summed E-state index contributed by atoms with van der Waals surface area (Å²) in [4.78, 5) is 0. The van der Waals surface area contributed by atoms with Crippen LogP contribution in [0.2, 0.25) is 0 Å². The van der Waals surface area contributed by atoms with Gasteiger partial charge in [-0.05, 0) is 46.5 Å². The van der Waals surface area contributed by atoms with Gasteiger partial charge in [0.25, 0.3) is 0 Å². The molecular formula is C16H25NO2. The van der Waals surface area contributed by atoms with Crippen LogP contribution in [0.1, 0.15) is 52.9 Å². The summed E-state index contributed by atoms with van der Waals surface area (Å²) in [6.45, 7) is 7.62. The zero-order chi connectivity index (χ0) is 14.1. The Morgan fingerprint density at radius 3 is 2.47 bits per heavy atom. The molecule has 0 N–H and O–H groups in total. The third kappa shape index (κ3) is 6.56. The maximum Gasteiger partial charge on any atom is 0.166 e. The number of hydrogen-bond acceptors (Lipinski definition) is 3. The van der Waals surface area contributed by atoms with E-state index in [1.807, 2.05) is 13.8 Å². The van der Waals surface area contributed by atoms with Crippen molar-refractivity contribution >= 4 is 0 Å². The molecule has 0 unspecified atom stereocenters. The summed E-state index contributed by atoms with van der Waals surface area (Å²) in [7, 11) is 0. The lowest BCUT2D eigenvalue weighted by Gasteiger charge is -2.21. The van der Waals surface area contributed by atoms with Crippen LogP contribution in [0.15, 0.2) is 23.3 Å². The molecule has 0 spiro atoms. The normalized spacial score (nSPS) is 19.5. The Bertz CT molecular complexity index is 371. The van der Waals surface area contributed by atoms with E-state index in [-0.39, 0.29) is 5.79 Å². The minimum absolute atomic E-state index is 0.372. The van der Waals surface area contributed by atoms with Crippen LogP contribution in [0.4, 0.5) is 0 Å². The molecule has 0 aliphatic carbocycles. The van der Waals surface area contributed by atoms with Gasteiger partial charge < -0.3 is 9.47 Å². The van der Waals surface area contributed by atoms with Gasteiger partial charge in [0.15, 0.2) is 5.79 Å². The molecule has 1 fully saturated rings.